The Morgan fingerprint density at radius 1 is 1.00 bits per heavy atom. The van der Waals surface area contributed by atoms with Crippen LogP contribution in [0.3, 0.4) is 0 Å². The number of hydrogen-bond acceptors (Lipinski definition) is 4. The molecule has 0 saturated carbocycles. The average Bonchev–Trinajstić information content (AvgIpc) is 3.20. The summed E-state index contributed by atoms with van der Waals surface area (Å²) in [5.41, 5.74) is 4.04. The number of carbonyl (C=O) groups is 1. The lowest BCUT2D eigenvalue weighted by atomic mass is 10.1. The van der Waals surface area contributed by atoms with Gasteiger partial charge in [0.15, 0.2) is 0 Å². The molecular weight excluding hydrogens is 386 g/mol. The number of anilines is 1. The second kappa shape index (κ2) is 10.6. The van der Waals surface area contributed by atoms with Gasteiger partial charge in [-0.05, 0) is 79.9 Å². The maximum atomic E-state index is 12.5. The highest BCUT2D eigenvalue weighted by Gasteiger charge is 2.12. The Bertz CT molecular complexity index is 804. The molecule has 2 aliphatic rings. The molecule has 0 spiro atoms. The number of nitrogens with zero attached hydrogens (tertiary/aromatic N) is 1. The van der Waals surface area contributed by atoms with E-state index in [1.807, 2.05) is 36.4 Å². The van der Waals surface area contributed by atoms with Crippen molar-refractivity contribution in [2.45, 2.75) is 38.8 Å². The zero-order chi connectivity index (χ0) is 19.2. The molecule has 0 aromatic heterocycles. The van der Waals surface area contributed by atoms with Crippen LogP contribution < -0.4 is 15.4 Å². The second-order valence-electron chi connectivity index (χ2n) is 7.67. The molecule has 6 heteroatoms. The maximum Gasteiger partial charge on any atom is 0.255 e. The first kappa shape index (κ1) is 21.6. The van der Waals surface area contributed by atoms with Crippen molar-refractivity contribution in [2.75, 3.05) is 31.6 Å². The SMILES string of the molecule is Cl.O=C(Nc1ccc2c(c1)CNC2)c1ccc(OCCCN2CCCCC2)cc1. The maximum absolute atomic E-state index is 12.5. The van der Waals surface area contributed by atoms with Gasteiger partial charge in [-0.25, -0.2) is 0 Å². The molecule has 5 nitrogen and oxygen atoms in total. The summed E-state index contributed by atoms with van der Waals surface area (Å²) in [6.07, 6.45) is 5.06. The van der Waals surface area contributed by atoms with Crippen LogP contribution in [0.1, 0.15) is 47.2 Å². The first-order chi connectivity index (χ1) is 13.8. The molecule has 2 N–H and O–H groups in total. The average molecular weight is 416 g/mol. The summed E-state index contributed by atoms with van der Waals surface area (Å²) in [4.78, 5) is 15.0. The smallest absolute Gasteiger partial charge is 0.255 e. The van der Waals surface area contributed by atoms with Gasteiger partial charge in [-0.3, -0.25) is 4.79 Å². The van der Waals surface area contributed by atoms with E-state index in [1.54, 1.807) is 0 Å². The lowest BCUT2D eigenvalue weighted by Crippen LogP contribution is -2.31. The molecule has 0 atom stereocenters. The van der Waals surface area contributed by atoms with E-state index >= 15 is 0 Å². The van der Waals surface area contributed by atoms with E-state index in [2.05, 4.69) is 21.6 Å². The first-order valence-corrected chi connectivity index (χ1v) is 10.4. The summed E-state index contributed by atoms with van der Waals surface area (Å²) in [6, 6.07) is 13.5. The molecule has 2 aromatic rings. The van der Waals surface area contributed by atoms with Gasteiger partial charge < -0.3 is 20.3 Å². The summed E-state index contributed by atoms with van der Waals surface area (Å²) >= 11 is 0. The highest BCUT2D eigenvalue weighted by Crippen LogP contribution is 2.21. The van der Waals surface area contributed by atoms with E-state index in [-0.39, 0.29) is 18.3 Å². The van der Waals surface area contributed by atoms with Crippen LogP contribution >= 0.6 is 12.4 Å². The molecular formula is C23H30ClN3O2. The summed E-state index contributed by atoms with van der Waals surface area (Å²) in [5.74, 6) is 0.723. The van der Waals surface area contributed by atoms with E-state index < -0.39 is 0 Å². The van der Waals surface area contributed by atoms with Crippen molar-refractivity contribution in [1.82, 2.24) is 10.2 Å². The van der Waals surface area contributed by atoms with E-state index in [0.717, 1.165) is 37.5 Å². The molecule has 2 aliphatic heterocycles. The number of fused-ring (bicyclic) bond motifs is 1. The monoisotopic (exact) mass is 415 g/mol. The van der Waals surface area contributed by atoms with Crippen molar-refractivity contribution in [1.29, 1.82) is 0 Å². The van der Waals surface area contributed by atoms with Crippen molar-refractivity contribution in [2.24, 2.45) is 0 Å². The number of nitrogens with one attached hydrogen (secondary N) is 2. The largest absolute Gasteiger partial charge is 0.494 e. The fourth-order valence-electron chi connectivity index (χ4n) is 3.94. The Morgan fingerprint density at radius 3 is 2.55 bits per heavy atom. The number of likely N-dealkylation sites (tertiary alicyclic amines) is 1. The highest BCUT2D eigenvalue weighted by molar-refractivity contribution is 6.04. The van der Waals surface area contributed by atoms with E-state index in [4.69, 9.17) is 4.74 Å². The summed E-state index contributed by atoms with van der Waals surface area (Å²) in [5, 5.41) is 6.30. The number of hydrogen-bond donors (Lipinski definition) is 2. The lowest BCUT2D eigenvalue weighted by Gasteiger charge is -2.26. The molecule has 0 aliphatic carbocycles. The zero-order valence-corrected chi connectivity index (χ0v) is 17.6. The van der Waals surface area contributed by atoms with Gasteiger partial charge >= 0.3 is 0 Å². The number of halogens is 1. The minimum Gasteiger partial charge on any atom is -0.494 e. The molecule has 2 heterocycles. The van der Waals surface area contributed by atoms with Crippen LogP contribution in [0.5, 0.6) is 5.75 Å². The third-order valence-electron chi connectivity index (χ3n) is 5.55. The van der Waals surface area contributed by atoms with Crippen LogP contribution in [0.4, 0.5) is 5.69 Å². The number of rotatable bonds is 7. The van der Waals surface area contributed by atoms with Crippen molar-refractivity contribution < 1.29 is 9.53 Å². The molecule has 1 amide bonds. The Kier molecular flexibility index (Phi) is 7.92. The minimum atomic E-state index is -0.0949. The van der Waals surface area contributed by atoms with Gasteiger partial charge in [-0.1, -0.05) is 12.5 Å². The molecule has 0 radical (unpaired) electrons. The molecule has 156 valence electrons. The van der Waals surface area contributed by atoms with Crippen molar-refractivity contribution in [3.63, 3.8) is 0 Å². The van der Waals surface area contributed by atoms with Crippen LogP contribution in [-0.4, -0.2) is 37.0 Å². The van der Waals surface area contributed by atoms with Crippen LogP contribution in [-0.2, 0) is 13.1 Å². The summed E-state index contributed by atoms with van der Waals surface area (Å²) in [7, 11) is 0. The number of ether oxygens (including phenoxy) is 1. The molecule has 0 bridgehead atoms. The third kappa shape index (κ3) is 5.95. The van der Waals surface area contributed by atoms with Crippen molar-refractivity contribution in [3.05, 3.63) is 59.2 Å². The zero-order valence-electron chi connectivity index (χ0n) is 16.8. The van der Waals surface area contributed by atoms with Crippen LogP contribution in [0.15, 0.2) is 42.5 Å². The topological polar surface area (TPSA) is 53.6 Å². The van der Waals surface area contributed by atoms with Crippen LogP contribution in [0.25, 0.3) is 0 Å². The van der Waals surface area contributed by atoms with E-state index in [0.29, 0.717) is 12.2 Å². The number of benzene rings is 2. The molecule has 1 saturated heterocycles. The van der Waals surface area contributed by atoms with Crippen LogP contribution in [0, 0.1) is 0 Å². The van der Waals surface area contributed by atoms with Crippen LogP contribution in [0.2, 0.25) is 0 Å². The number of amides is 1. The predicted octanol–water partition coefficient (Wildman–Crippen LogP) is 4.22. The molecule has 4 rings (SSSR count). The second-order valence-corrected chi connectivity index (χ2v) is 7.67. The summed E-state index contributed by atoms with van der Waals surface area (Å²) in [6.45, 7) is 6.04. The van der Waals surface area contributed by atoms with Gasteiger partial charge in [0.2, 0.25) is 0 Å². The molecule has 29 heavy (non-hydrogen) atoms. The Labute approximate surface area is 179 Å². The van der Waals surface area contributed by atoms with Gasteiger partial charge in [0.05, 0.1) is 6.61 Å². The van der Waals surface area contributed by atoms with Crippen molar-refractivity contribution >= 4 is 24.0 Å². The fraction of sp³-hybridized carbons (Fsp3) is 0.435. The quantitative estimate of drug-likeness (QED) is 0.665. The highest BCUT2D eigenvalue weighted by atomic mass is 35.5. The molecule has 2 aromatic carbocycles. The lowest BCUT2D eigenvalue weighted by molar-refractivity contribution is 0.102. The van der Waals surface area contributed by atoms with Gasteiger partial charge in [0.25, 0.3) is 5.91 Å². The third-order valence-corrected chi connectivity index (χ3v) is 5.55. The van der Waals surface area contributed by atoms with E-state index in [1.165, 1.54) is 43.5 Å². The number of piperidine rings is 1. The predicted molar refractivity (Wildman–Crippen MR) is 119 cm³/mol. The molecule has 0 unspecified atom stereocenters. The van der Waals surface area contributed by atoms with Gasteiger partial charge in [0, 0.05) is 30.9 Å². The normalized spacial score (nSPS) is 16.0. The molecule has 1 fully saturated rings. The van der Waals surface area contributed by atoms with Gasteiger partial charge in [-0.15, -0.1) is 12.4 Å². The van der Waals surface area contributed by atoms with E-state index in [9.17, 15) is 4.79 Å². The Hall–Kier alpha value is -2.08. The standard InChI is InChI=1S/C23H29N3O2.ClH/c27-23(25-21-8-5-19-16-24-17-20(19)15-21)18-6-9-22(10-7-18)28-14-4-13-26-11-2-1-3-12-26;/h5-10,15,24H,1-4,11-14,16-17H2,(H,25,27);1H. The number of carbonyl (C=O) groups excluding carboxylic acids is 1. The van der Waals surface area contributed by atoms with Crippen molar-refractivity contribution in [3.8, 4) is 5.75 Å². The Morgan fingerprint density at radius 2 is 1.76 bits per heavy atom. The minimum absolute atomic E-state index is 0. The summed E-state index contributed by atoms with van der Waals surface area (Å²) < 4.78 is 5.84. The fourth-order valence-corrected chi connectivity index (χ4v) is 3.94. The van der Waals surface area contributed by atoms with Gasteiger partial charge in [0.1, 0.15) is 5.75 Å². The van der Waals surface area contributed by atoms with Gasteiger partial charge in [-0.2, -0.15) is 0 Å². The Balaban J connectivity index is 0.00000240. The first-order valence-electron chi connectivity index (χ1n) is 10.4.